The molecule has 1 saturated heterocycles. The van der Waals surface area contributed by atoms with Crippen molar-refractivity contribution < 1.29 is 4.79 Å². The van der Waals surface area contributed by atoms with Crippen LogP contribution >= 0.6 is 0 Å². The lowest BCUT2D eigenvalue weighted by Gasteiger charge is -2.30. The first kappa shape index (κ1) is 11.9. The Kier molecular flexibility index (Phi) is 3.46. The molecule has 1 N–H and O–H groups in total. The third kappa shape index (κ3) is 2.22. The number of carbonyl (C=O) groups is 1. The third-order valence-corrected chi connectivity index (χ3v) is 4.41. The molecule has 3 rings (SSSR count). The Labute approximate surface area is 109 Å². The lowest BCUT2D eigenvalue weighted by molar-refractivity contribution is 0.0871. The van der Waals surface area contributed by atoms with Crippen LogP contribution in [0, 0.1) is 5.92 Å². The van der Waals surface area contributed by atoms with Gasteiger partial charge in [0.05, 0.1) is 0 Å². The third-order valence-electron chi connectivity index (χ3n) is 4.41. The van der Waals surface area contributed by atoms with Crippen LogP contribution < -0.4 is 5.32 Å². The van der Waals surface area contributed by atoms with Gasteiger partial charge in [-0.3, -0.25) is 4.79 Å². The molecular weight excluding hydrogens is 222 g/mol. The van der Waals surface area contributed by atoms with Crippen LogP contribution in [0.2, 0.25) is 0 Å². The predicted molar refractivity (Wildman–Crippen MR) is 72.8 cm³/mol. The highest BCUT2D eigenvalue weighted by Gasteiger charge is 2.32. The molecular formula is C16H21NO. The van der Waals surface area contributed by atoms with E-state index in [0.29, 0.717) is 11.8 Å². The summed E-state index contributed by atoms with van der Waals surface area (Å²) in [6.07, 6.45) is 6.94. The highest BCUT2D eigenvalue weighted by atomic mass is 16.1. The molecule has 2 atom stereocenters. The molecule has 2 nitrogen and oxygen atoms in total. The lowest BCUT2D eigenvalue weighted by atomic mass is 9.84. The molecule has 2 aliphatic rings. The number of hydrogen-bond donors (Lipinski definition) is 1. The van der Waals surface area contributed by atoms with Crippen molar-refractivity contribution in [3.63, 3.8) is 0 Å². The van der Waals surface area contributed by atoms with Crippen molar-refractivity contribution in [3.8, 4) is 0 Å². The largest absolute Gasteiger partial charge is 0.313 e. The van der Waals surface area contributed by atoms with Crippen molar-refractivity contribution >= 4 is 5.78 Å². The maximum absolute atomic E-state index is 12.7. The highest BCUT2D eigenvalue weighted by molar-refractivity contribution is 6.00. The van der Waals surface area contributed by atoms with Crippen molar-refractivity contribution in [1.82, 2.24) is 5.32 Å². The Hall–Kier alpha value is -1.15. The second kappa shape index (κ2) is 5.23. The molecule has 1 aliphatic heterocycles. The topological polar surface area (TPSA) is 29.1 Å². The zero-order chi connectivity index (χ0) is 12.4. The second-order valence-corrected chi connectivity index (χ2v) is 5.58. The van der Waals surface area contributed by atoms with Gasteiger partial charge in [-0.2, -0.15) is 0 Å². The normalized spacial score (nSPS) is 28.6. The first-order chi connectivity index (χ1) is 8.86. The summed E-state index contributed by atoms with van der Waals surface area (Å²) >= 11 is 0. The van der Waals surface area contributed by atoms with Gasteiger partial charge in [-0.15, -0.1) is 0 Å². The number of piperidine rings is 1. The molecule has 1 heterocycles. The first-order valence-electron chi connectivity index (χ1n) is 7.22. The van der Waals surface area contributed by atoms with Gasteiger partial charge in [0.1, 0.15) is 0 Å². The average Bonchev–Trinajstić information content (AvgIpc) is 2.60. The molecule has 1 fully saturated rings. The van der Waals surface area contributed by atoms with Crippen LogP contribution in [-0.4, -0.2) is 18.4 Å². The first-order valence-corrected chi connectivity index (χ1v) is 7.22. The summed E-state index contributed by atoms with van der Waals surface area (Å²) in [5.74, 6) is 0.580. The van der Waals surface area contributed by atoms with E-state index in [1.54, 1.807) is 0 Å². The van der Waals surface area contributed by atoms with Gasteiger partial charge in [0, 0.05) is 17.5 Å². The van der Waals surface area contributed by atoms with Gasteiger partial charge in [-0.1, -0.05) is 30.7 Å². The summed E-state index contributed by atoms with van der Waals surface area (Å²) in [6, 6.07) is 8.58. The van der Waals surface area contributed by atoms with Crippen molar-refractivity contribution in [2.45, 2.75) is 44.6 Å². The molecule has 0 spiro atoms. The Balaban J connectivity index is 1.86. The van der Waals surface area contributed by atoms with Gasteiger partial charge in [0.2, 0.25) is 0 Å². The van der Waals surface area contributed by atoms with Crippen molar-refractivity contribution in [3.05, 3.63) is 35.4 Å². The minimum Gasteiger partial charge on any atom is -0.313 e. The molecule has 0 amide bonds. The summed E-state index contributed by atoms with van der Waals surface area (Å²) in [5, 5.41) is 3.56. The van der Waals surface area contributed by atoms with Crippen molar-refractivity contribution in [2.24, 2.45) is 5.92 Å². The molecule has 2 unspecified atom stereocenters. The van der Waals surface area contributed by atoms with Crippen molar-refractivity contribution in [2.75, 3.05) is 6.54 Å². The van der Waals surface area contributed by atoms with E-state index in [0.717, 1.165) is 31.4 Å². The Morgan fingerprint density at radius 1 is 1.06 bits per heavy atom. The summed E-state index contributed by atoms with van der Waals surface area (Å²) in [6.45, 7) is 1.08. The number of fused-ring (bicyclic) bond motifs is 1. The molecule has 18 heavy (non-hydrogen) atoms. The Bertz CT molecular complexity index is 434. The molecule has 1 aromatic carbocycles. The minimum absolute atomic E-state index is 0.203. The molecule has 1 aromatic rings. The summed E-state index contributed by atoms with van der Waals surface area (Å²) < 4.78 is 0. The number of carbonyl (C=O) groups excluding carboxylic acids is 1. The number of ketones is 1. The molecule has 2 heteroatoms. The standard InChI is InChI=1S/C16H21NO/c18-16-13-8-2-1-6-12(13)7-5-9-14(16)15-10-3-4-11-17-15/h1-2,6,8,14-15,17H,3-5,7,9-11H2. The van der Waals surface area contributed by atoms with Gasteiger partial charge in [-0.05, 0) is 44.2 Å². The van der Waals surface area contributed by atoms with E-state index in [1.807, 2.05) is 18.2 Å². The zero-order valence-electron chi connectivity index (χ0n) is 10.8. The fourth-order valence-corrected chi connectivity index (χ4v) is 3.43. The monoisotopic (exact) mass is 243 g/mol. The second-order valence-electron chi connectivity index (χ2n) is 5.58. The Morgan fingerprint density at radius 3 is 2.78 bits per heavy atom. The molecule has 1 aliphatic carbocycles. The Morgan fingerprint density at radius 2 is 1.94 bits per heavy atom. The van der Waals surface area contributed by atoms with Crippen LogP contribution in [0.3, 0.4) is 0 Å². The average molecular weight is 243 g/mol. The smallest absolute Gasteiger partial charge is 0.167 e. The maximum Gasteiger partial charge on any atom is 0.167 e. The number of aryl methyl sites for hydroxylation is 1. The van der Waals surface area contributed by atoms with Gasteiger partial charge >= 0.3 is 0 Å². The quantitative estimate of drug-likeness (QED) is 0.768. The van der Waals surface area contributed by atoms with E-state index >= 15 is 0 Å². The van der Waals surface area contributed by atoms with Crippen LogP contribution in [-0.2, 0) is 6.42 Å². The van der Waals surface area contributed by atoms with E-state index in [4.69, 9.17) is 0 Å². The molecule has 0 aromatic heterocycles. The predicted octanol–water partition coefficient (Wildman–Crippen LogP) is 2.96. The fraction of sp³-hybridized carbons (Fsp3) is 0.562. The van der Waals surface area contributed by atoms with E-state index in [-0.39, 0.29) is 5.92 Å². The summed E-state index contributed by atoms with van der Waals surface area (Å²) in [7, 11) is 0. The lowest BCUT2D eigenvalue weighted by Crippen LogP contribution is -2.43. The van der Waals surface area contributed by atoms with Gasteiger partial charge < -0.3 is 5.32 Å². The number of rotatable bonds is 1. The zero-order valence-corrected chi connectivity index (χ0v) is 10.8. The maximum atomic E-state index is 12.7. The van der Waals surface area contributed by atoms with Crippen LogP contribution in [0.4, 0.5) is 0 Å². The number of benzene rings is 1. The SMILES string of the molecule is O=C1c2ccccc2CCCC1C1CCCCN1. The van der Waals surface area contributed by atoms with E-state index in [1.165, 1.54) is 24.8 Å². The van der Waals surface area contributed by atoms with E-state index in [9.17, 15) is 4.79 Å². The van der Waals surface area contributed by atoms with E-state index < -0.39 is 0 Å². The van der Waals surface area contributed by atoms with E-state index in [2.05, 4.69) is 11.4 Å². The van der Waals surface area contributed by atoms with Crippen LogP contribution in [0.15, 0.2) is 24.3 Å². The van der Waals surface area contributed by atoms with Crippen LogP contribution in [0.1, 0.15) is 48.0 Å². The number of Topliss-reactive ketones (excluding diaryl/α,β-unsaturated/α-hetero) is 1. The molecule has 0 radical (unpaired) electrons. The van der Waals surface area contributed by atoms with Gasteiger partial charge in [0.15, 0.2) is 5.78 Å². The summed E-state index contributed by atoms with van der Waals surface area (Å²) in [4.78, 5) is 12.7. The molecule has 0 bridgehead atoms. The molecule has 0 saturated carbocycles. The highest BCUT2D eigenvalue weighted by Crippen LogP contribution is 2.29. The van der Waals surface area contributed by atoms with Crippen LogP contribution in [0.25, 0.3) is 0 Å². The minimum atomic E-state index is 0.203. The van der Waals surface area contributed by atoms with Gasteiger partial charge in [0.25, 0.3) is 0 Å². The van der Waals surface area contributed by atoms with Gasteiger partial charge in [-0.25, -0.2) is 0 Å². The van der Waals surface area contributed by atoms with Crippen molar-refractivity contribution in [1.29, 1.82) is 0 Å². The summed E-state index contributed by atoms with van der Waals surface area (Å²) in [5.41, 5.74) is 2.23. The number of nitrogens with one attached hydrogen (secondary N) is 1. The molecule has 96 valence electrons. The number of hydrogen-bond acceptors (Lipinski definition) is 2. The van der Waals surface area contributed by atoms with Crippen LogP contribution in [0.5, 0.6) is 0 Å². The fourth-order valence-electron chi connectivity index (χ4n) is 3.43.